The maximum absolute atomic E-state index is 11.9. The van der Waals surface area contributed by atoms with Gasteiger partial charge >= 0.3 is 5.97 Å². The van der Waals surface area contributed by atoms with E-state index in [1.54, 1.807) is 4.90 Å². The van der Waals surface area contributed by atoms with E-state index in [2.05, 4.69) is 14.9 Å². The Kier molecular flexibility index (Phi) is 6.35. The molecule has 0 bridgehead atoms. The fourth-order valence-electron chi connectivity index (χ4n) is 2.28. The summed E-state index contributed by atoms with van der Waals surface area (Å²) in [6.45, 7) is 0.529. The number of amides is 1. The second-order valence-corrected chi connectivity index (χ2v) is 7.32. The molecule has 0 aliphatic carbocycles. The molecule has 0 spiro atoms. The van der Waals surface area contributed by atoms with Crippen LogP contribution in [0.1, 0.15) is 6.42 Å². The van der Waals surface area contributed by atoms with Crippen molar-refractivity contribution in [1.29, 1.82) is 0 Å². The Balaban J connectivity index is 1.49. The Morgan fingerprint density at radius 1 is 1.38 bits per heavy atom. The third-order valence-corrected chi connectivity index (χ3v) is 5.46. The number of hydrogen-bond acceptors (Lipinski definition) is 8. The van der Waals surface area contributed by atoms with Crippen molar-refractivity contribution >= 4 is 35.4 Å². The van der Waals surface area contributed by atoms with Gasteiger partial charge in [0, 0.05) is 17.9 Å². The van der Waals surface area contributed by atoms with Crippen LogP contribution in [0.4, 0.5) is 0 Å². The lowest BCUT2D eigenvalue weighted by Crippen LogP contribution is -2.26. The van der Waals surface area contributed by atoms with E-state index >= 15 is 0 Å². The van der Waals surface area contributed by atoms with Crippen molar-refractivity contribution in [2.24, 2.45) is 0 Å². The standard InChI is InChI=1S/C17H17N3O4S2/c1-23-15(22)10-14-20(13(21)11-26-14)8-5-9-25-17-19-18-16(24-17)12-6-3-2-4-7-12/h2-4,6-7,10H,5,8-9,11H2,1H3/b14-10+. The number of nitrogens with zero attached hydrogens (tertiary/aromatic N) is 3. The van der Waals surface area contributed by atoms with Gasteiger partial charge in [0.25, 0.3) is 5.22 Å². The molecule has 1 aliphatic rings. The fourth-order valence-corrected chi connectivity index (χ4v) is 3.92. The molecule has 1 aliphatic heterocycles. The van der Waals surface area contributed by atoms with Crippen LogP contribution in [0.3, 0.4) is 0 Å². The van der Waals surface area contributed by atoms with E-state index in [4.69, 9.17) is 4.42 Å². The summed E-state index contributed by atoms with van der Waals surface area (Å²) in [5.74, 6) is 1.10. The first-order valence-corrected chi connectivity index (χ1v) is 9.89. The van der Waals surface area contributed by atoms with Gasteiger partial charge in [0.05, 0.1) is 24.0 Å². The van der Waals surface area contributed by atoms with E-state index < -0.39 is 5.97 Å². The molecular formula is C17H17N3O4S2. The number of benzene rings is 1. The number of rotatable bonds is 7. The predicted octanol–water partition coefficient (Wildman–Crippen LogP) is 2.81. The van der Waals surface area contributed by atoms with Crippen LogP contribution >= 0.6 is 23.5 Å². The van der Waals surface area contributed by atoms with E-state index in [-0.39, 0.29) is 5.91 Å². The van der Waals surface area contributed by atoms with E-state index in [0.29, 0.717) is 28.4 Å². The topological polar surface area (TPSA) is 85.5 Å². The number of hydrogen-bond donors (Lipinski definition) is 0. The predicted molar refractivity (Wildman–Crippen MR) is 99.3 cm³/mol. The third kappa shape index (κ3) is 4.67. The minimum absolute atomic E-state index is 0.000641. The molecule has 0 radical (unpaired) electrons. The highest BCUT2D eigenvalue weighted by Crippen LogP contribution is 2.29. The first kappa shape index (κ1) is 18.5. The van der Waals surface area contributed by atoms with Crippen LogP contribution in [0.2, 0.25) is 0 Å². The van der Waals surface area contributed by atoms with E-state index in [1.807, 2.05) is 30.3 Å². The molecular weight excluding hydrogens is 374 g/mol. The van der Waals surface area contributed by atoms with Crippen LogP contribution in [-0.2, 0) is 14.3 Å². The second-order valence-electron chi connectivity index (χ2n) is 5.28. The molecule has 136 valence electrons. The highest BCUT2D eigenvalue weighted by atomic mass is 32.2. The Bertz CT molecular complexity index is 807. The molecule has 26 heavy (non-hydrogen) atoms. The lowest BCUT2D eigenvalue weighted by Gasteiger charge is -2.16. The highest BCUT2D eigenvalue weighted by Gasteiger charge is 2.26. The first-order chi connectivity index (χ1) is 12.7. The molecule has 7 nitrogen and oxygen atoms in total. The SMILES string of the molecule is COC(=O)/C=C1/SCC(=O)N1CCCSc1nnc(-c2ccccc2)o1. The largest absolute Gasteiger partial charge is 0.466 e. The van der Waals surface area contributed by atoms with E-state index in [1.165, 1.54) is 36.7 Å². The Hall–Kier alpha value is -2.26. The van der Waals surface area contributed by atoms with Gasteiger partial charge < -0.3 is 14.1 Å². The molecule has 1 amide bonds. The average molecular weight is 391 g/mol. The summed E-state index contributed by atoms with van der Waals surface area (Å²) in [5.41, 5.74) is 0.879. The summed E-state index contributed by atoms with van der Waals surface area (Å²) >= 11 is 2.79. The molecule has 0 atom stereocenters. The maximum Gasteiger partial charge on any atom is 0.333 e. The number of esters is 1. The maximum atomic E-state index is 11.9. The molecule has 2 aromatic rings. The van der Waals surface area contributed by atoms with Crippen LogP contribution in [-0.4, -0.2) is 52.1 Å². The average Bonchev–Trinajstić information content (AvgIpc) is 3.27. The lowest BCUT2D eigenvalue weighted by atomic mass is 10.2. The molecule has 2 heterocycles. The van der Waals surface area contributed by atoms with Gasteiger partial charge in [-0.25, -0.2) is 4.79 Å². The molecule has 1 saturated heterocycles. The Morgan fingerprint density at radius 2 is 2.19 bits per heavy atom. The number of thioether (sulfide) groups is 2. The van der Waals surface area contributed by atoms with Crippen molar-refractivity contribution in [3.05, 3.63) is 41.4 Å². The fraction of sp³-hybridized carbons (Fsp3) is 0.294. The van der Waals surface area contributed by atoms with Crippen molar-refractivity contribution in [2.45, 2.75) is 11.6 Å². The quantitative estimate of drug-likeness (QED) is 0.308. The van der Waals surface area contributed by atoms with Gasteiger partial charge in [-0.1, -0.05) is 41.7 Å². The second kappa shape index (κ2) is 8.91. The summed E-state index contributed by atoms with van der Waals surface area (Å²) in [6, 6.07) is 9.58. The van der Waals surface area contributed by atoms with E-state index in [0.717, 1.165) is 17.7 Å². The number of ether oxygens (including phenoxy) is 1. The van der Waals surface area contributed by atoms with Crippen LogP contribution in [0.25, 0.3) is 11.5 Å². The monoisotopic (exact) mass is 391 g/mol. The minimum Gasteiger partial charge on any atom is -0.466 e. The molecule has 1 aromatic carbocycles. The smallest absolute Gasteiger partial charge is 0.333 e. The summed E-state index contributed by atoms with van der Waals surface area (Å²) in [5, 5.41) is 9.21. The minimum atomic E-state index is -0.458. The normalized spacial score (nSPS) is 15.7. The summed E-state index contributed by atoms with van der Waals surface area (Å²) < 4.78 is 10.3. The van der Waals surface area contributed by atoms with Crippen molar-refractivity contribution in [2.75, 3.05) is 25.2 Å². The summed E-state index contributed by atoms with van der Waals surface area (Å²) in [6.07, 6.45) is 2.09. The molecule has 0 saturated carbocycles. The lowest BCUT2D eigenvalue weighted by molar-refractivity contribution is -0.134. The molecule has 0 N–H and O–H groups in total. The molecule has 1 fully saturated rings. The van der Waals surface area contributed by atoms with Gasteiger partial charge in [-0.3, -0.25) is 4.79 Å². The number of carbonyl (C=O) groups excluding carboxylic acids is 2. The molecule has 9 heteroatoms. The van der Waals surface area contributed by atoms with Crippen LogP contribution in [0.5, 0.6) is 0 Å². The van der Waals surface area contributed by atoms with Crippen molar-refractivity contribution in [3.8, 4) is 11.5 Å². The third-order valence-electron chi connectivity index (χ3n) is 3.53. The number of aromatic nitrogens is 2. The van der Waals surface area contributed by atoms with Crippen LogP contribution in [0, 0.1) is 0 Å². The van der Waals surface area contributed by atoms with Gasteiger partial charge in [0.15, 0.2) is 0 Å². The first-order valence-electron chi connectivity index (χ1n) is 7.92. The van der Waals surface area contributed by atoms with Crippen molar-refractivity contribution < 1.29 is 18.7 Å². The van der Waals surface area contributed by atoms with Crippen molar-refractivity contribution in [1.82, 2.24) is 15.1 Å². The Morgan fingerprint density at radius 3 is 2.96 bits per heavy atom. The van der Waals surface area contributed by atoms with E-state index in [9.17, 15) is 9.59 Å². The van der Waals surface area contributed by atoms with Gasteiger partial charge in [-0.15, -0.1) is 10.2 Å². The van der Waals surface area contributed by atoms with Gasteiger partial charge in [0.1, 0.15) is 0 Å². The van der Waals surface area contributed by atoms with Crippen LogP contribution < -0.4 is 0 Å². The van der Waals surface area contributed by atoms with Gasteiger partial charge in [-0.05, 0) is 18.6 Å². The Labute approximate surface area is 159 Å². The summed E-state index contributed by atoms with van der Waals surface area (Å²) in [7, 11) is 1.32. The van der Waals surface area contributed by atoms with Crippen LogP contribution in [0.15, 0.2) is 51.1 Å². The molecule has 3 rings (SSSR count). The number of methoxy groups -OCH3 is 1. The highest BCUT2D eigenvalue weighted by molar-refractivity contribution is 8.04. The van der Waals surface area contributed by atoms with Crippen molar-refractivity contribution in [3.63, 3.8) is 0 Å². The zero-order valence-electron chi connectivity index (χ0n) is 14.1. The summed E-state index contributed by atoms with van der Waals surface area (Å²) in [4.78, 5) is 24.9. The molecule has 0 unspecified atom stereocenters. The van der Waals surface area contributed by atoms with Gasteiger partial charge in [0.2, 0.25) is 11.8 Å². The zero-order valence-corrected chi connectivity index (χ0v) is 15.7. The van der Waals surface area contributed by atoms with Gasteiger partial charge in [-0.2, -0.15) is 0 Å². The number of carbonyl (C=O) groups is 2. The zero-order chi connectivity index (χ0) is 18.4. The molecule has 1 aromatic heterocycles.